The number of aliphatic carboxylic acids is 1. The van der Waals surface area contributed by atoms with Crippen molar-refractivity contribution in [2.45, 2.75) is 58.8 Å². The van der Waals surface area contributed by atoms with Crippen molar-refractivity contribution in [1.29, 1.82) is 0 Å². The smallest absolute Gasteiger partial charge is 0.327 e. The van der Waals surface area contributed by atoms with Crippen LogP contribution in [0.3, 0.4) is 0 Å². The van der Waals surface area contributed by atoms with E-state index in [4.69, 9.17) is 14.6 Å². The highest BCUT2D eigenvalue weighted by atomic mass is 16.7. The second-order valence-electron chi connectivity index (χ2n) is 5.32. The summed E-state index contributed by atoms with van der Waals surface area (Å²) in [5, 5.41) is 8.70. The summed E-state index contributed by atoms with van der Waals surface area (Å²) in [7, 11) is 0. The Morgan fingerprint density at radius 2 is 2.28 bits per heavy atom. The van der Waals surface area contributed by atoms with E-state index in [1.165, 1.54) is 6.08 Å². The van der Waals surface area contributed by atoms with Gasteiger partial charge in [-0.1, -0.05) is 26.8 Å². The highest BCUT2D eigenvalue weighted by Gasteiger charge is 2.30. The minimum Gasteiger partial charge on any atom is -0.478 e. The molecule has 0 aromatic rings. The summed E-state index contributed by atoms with van der Waals surface area (Å²) in [5.74, 6) is -0.924. The van der Waals surface area contributed by atoms with Crippen LogP contribution in [0.25, 0.3) is 0 Å². The lowest BCUT2D eigenvalue weighted by Crippen LogP contribution is -2.36. The number of carboxylic acid groups (broad SMARTS) is 1. The summed E-state index contributed by atoms with van der Waals surface area (Å²) in [6.07, 6.45) is 6.70. The molecule has 104 valence electrons. The van der Waals surface area contributed by atoms with Gasteiger partial charge in [-0.25, -0.2) is 4.79 Å². The largest absolute Gasteiger partial charge is 0.478 e. The van der Waals surface area contributed by atoms with E-state index >= 15 is 0 Å². The highest BCUT2D eigenvalue weighted by Crippen LogP contribution is 2.30. The number of ether oxygens (including phenoxy) is 2. The molecule has 0 amide bonds. The molecule has 0 aliphatic carbocycles. The maximum Gasteiger partial charge on any atom is 0.327 e. The third kappa shape index (κ3) is 4.78. The third-order valence-electron chi connectivity index (χ3n) is 3.31. The number of carbonyl (C=O) groups is 1. The molecular weight excluding hydrogens is 232 g/mol. The summed E-state index contributed by atoms with van der Waals surface area (Å²) >= 11 is 0. The molecule has 0 aromatic carbocycles. The average molecular weight is 256 g/mol. The number of hydrogen-bond acceptors (Lipinski definition) is 3. The molecule has 1 aliphatic heterocycles. The van der Waals surface area contributed by atoms with E-state index in [1.807, 2.05) is 20.8 Å². The lowest BCUT2D eigenvalue weighted by atomic mass is 9.84. The van der Waals surface area contributed by atoms with Crippen LogP contribution in [0.15, 0.2) is 12.2 Å². The molecule has 1 saturated heterocycles. The maximum absolute atomic E-state index is 10.6. The van der Waals surface area contributed by atoms with Gasteiger partial charge in [-0.15, -0.1) is 0 Å². The summed E-state index contributed by atoms with van der Waals surface area (Å²) in [4.78, 5) is 10.6. The maximum atomic E-state index is 10.6. The Morgan fingerprint density at radius 3 is 2.78 bits per heavy atom. The second-order valence-corrected chi connectivity index (χ2v) is 5.32. The van der Waals surface area contributed by atoms with Gasteiger partial charge in [0.1, 0.15) is 0 Å². The Bertz CT molecular complexity index is 290. The third-order valence-corrected chi connectivity index (χ3v) is 3.31. The molecule has 1 rings (SSSR count). The molecule has 0 spiro atoms. The number of rotatable bonds is 6. The van der Waals surface area contributed by atoms with Gasteiger partial charge in [-0.05, 0) is 25.7 Å². The molecule has 0 aromatic heterocycles. The van der Waals surface area contributed by atoms with E-state index in [9.17, 15) is 4.79 Å². The van der Waals surface area contributed by atoms with Gasteiger partial charge in [-0.2, -0.15) is 0 Å². The van der Waals surface area contributed by atoms with Crippen molar-refractivity contribution >= 4 is 5.97 Å². The van der Waals surface area contributed by atoms with E-state index < -0.39 is 5.97 Å². The number of carboxylic acids is 1. The van der Waals surface area contributed by atoms with Gasteiger partial charge in [0.2, 0.25) is 0 Å². The zero-order valence-corrected chi connectivity index (χ0v) is 11.5. The number of hydrogen-bond donors (Lipinski definition) is 1. The first-order valence-electron chi connectivity index (χ1n) is 6.65. The molecule has 1 N–H and O–H groups in total. The van der Waals surface area contributed by atoms with Crippen LogP contribution in [0.1, 0.15) is 46.5 Å². The van der Waals surface area contributed by atoms with Crippen LogP contribution in [0.4, 0.5) is 0 Å². The zero-order chi connectivity index (χ0) is 13.6. The lowest BCUT2D eigenvalue weighted by Gasteiger charge is -2.35. The molecule has 4 heteroatoms. The quantitative estimate of drug-likeness (QED) is 0.742. The second kappa shape index (κ2) is 6.90. The van der Waals surface area contributed by atoms with E-state index in [2.05, 4.69) is 0 Å². The first-order chi connectivity index (χ1) is 8.45. The predicted molar refractivity (Wildman–Crippen MR) is 69.3 cm³/mol. The van der Waals surface area contributed by atoms with E-state index in [0.29, 0.717) is 0 Å². The fourth-order valence-corrected chi connectivity index (χ4v) is 2.19. The van der Waals surface area contributed by atoms with Crippen molar-refractivity contribution in [1.82, 2.24) is 0 Å². The Kier molecular flexibility index (Phi) is 5.82. The SMILES string of the molecule is CCC(OC1CCCCO1)C(C)(C)/C=C/C(=O)O. The minimum atomic E-state index is -0.924. The molecule has 0 saturated carbocycles. The molecule has 1 heterocycles. The monoisotopic (exact) mass is 256 g/mol. The van der Waals surface area contributed by atoms with Crippen molar-refractivity contribution in [2.75, 3.05) is 6.61 Å². The minimum absolute atomic E-state index is 0.0313. The van der Waals surface area contributed by atoms with Crippen LogP contribution in [0, 0.1) is 5.41 Å². The summed E-state index contributed by atoms with van der Waals surface area (Å²) in [6, 6.07) is 0. The van der Waals surface area contributed by atoms with Gasteiger partial charge < -0.3 is 14.6 Å². The highest BCUT2D eigenvalue weighted by molar-refractivity contribution is 5.79. The van der Waals surface area contributed by atoms with Gasteiger partial charge in [0.25, 0.3) is 0 Å². The fourth-order valence-electron chi connectivity index (χ4n) is 2.19. The fraction of sp³-hybridized carbons (Fsp3) is 0.786. The van der Waals surface area contributed by atoms with Crippen LogP contribution in [-0.4, -0.2) is 30.1 Å². The first kappa shape index (κ1) is 15.2. The van der Waals surface area contributed by atoms with Gasteiger partial charge in [0.05, 0.1) is 6.10 Å². The molecule has 0 radical (unpaired) electrons. The van der Waals surface area contributed by atoms with Crippen LogP contribution in [0.5, 0.6) is 0 Å². The van der Waals surface area contributed by atoms with Crippen molar-refractivity contribution in [3.8, 4) is 0 Å². The van der Waals surface area contributed by atoms with Crippen LogP contribution in [-0.2, 0) is 14.3 Å². The van der Waals surface area contributed by atoms with Gasteiger partial charge in [0, 0.05) is 18.1 Å². The molecule has 0 bridgehead atoms. The molecule has 1 fully saturated rings. The average Bonchev–Trinajstić information content (AvgIpc) is 2.34. The van der Waals surface area contributed by atoms with Gasteiger partial charge in [-0.3, -0.25) is 0 Å². The topological polar surface area (TPSA) is 55.8 Å². The Morgan fingerprint density at radius 1 is 1.56 bits per heavy atom. The molecule has 1 aliphatic rings. The van der Waals surface area contributed by atoms with Crippen molar-refractivity contribution < 1.29 is 19.4 Å². The normalized spacial score (nSPS) is 23.2. The Labute approximate surface area is 109 Å². The van der Waals surface area contributed by atoms with Gasteiger partial charge in [0.15, 0.2) is 6.29 Å². The van der Waals surface area contributed by atoms with Crippen molar-refractivity contribution in [3.63, 3.8) is 0 Å². The molecular formula is C14H24O4. The molecule has 4 nitrogen and oxygen atoms in total. The van der Waals surface area contributed by atoms with Crippen LogP contribution >= 0.6 is 0 Å². The molecule has 2 atom stereocenters. The first-order valence-corrected chi connectivity index (χ1v) is 6.65. The summed E-state index contributed by atoms with van der Waals surface area (Å²) in [5.41, 5.74) is -0.312. The zero-order valence-electron chi connectivity index (χ0n) is 11.5. The van der Waals surface area contributed by atoms with Gasteiger partial charge >= 0.3 is 5.97 Å². The standard InChI is InChI=1S/C14H24O4/c1-4-11(14(2,3)9-8-12(15)16)18-13-7-5-6-10-17-13/h8-9,11,13H,4-7,10H2,1-3H3,(H,15,16)/b9-8+. The van der Waals surface area contributed by atoms with E-state index in [-0.39, 0.29) is 17.8 Å². The summed E-state index contributed by atoms with van der Waals surface area (Å²) < 4.78 is 11.5. The van der Waals surface area contributed by atoms with E-state index in [1.54, 1.807) is 6.08 Å². The van der Waals surface area contributed by atoms with Crippen LogP contribution < -0.4 is 0 Å². The Hall–Kier alpha value is -0.870. The van der Waals surface area contributed by atoms with Crippen molar-refractivity contribution in [2.24, 2.45) is 5.41 Å². The molecule has 18 heavy (non-hydrogen) atoms. The van der Waals surface area contributed by atoms with Crippen molar-refractivity contribution in [3.05, 3.63) is 12.2 Å². The Balaban J connectivity index is 2.59. The lowest BCUT2D eigenvalue weighted by molar-refractivity contribution is -0.204. The van der Waals surface area contributed by atoms with E-state index in [0.717, 1.165) is 32.3 Å². The molecule has 2 unspecified atom stereocenters. The summed E-state index contributed by atoms with van der Waals surface area (Å²) in [6.45, 7) is 6.78. The van der Waals surface area contributed by atoms with Crippen LogP contribution in [0.2, 0.25) is 0 Å². The predicted octanol–water partition coefficient (Wildman–Crippen LogP) is 2.98.